The van der Waals surface area contributed by atoms with Gasteiger partial charge >= 0.3 is 0 Å². The molecule has 1 aliphatic heterocycles. The molecule has 1 aliphatic rings. The smallest absolute Gasteiger partial charge is 0.258 e. The van der Waals surface area contributed by atoms with Crippen LogP contribution in [0.5, 0.6) is 0 Å². The van der Waals surface area contributed by atoms with E-state index in [2.05, 4.69) is 36.4 Å². The van der Waals surface area contributed by atoms with E-state index in [0.717, 1.165) is 30.2 Å². The van der Waals surface area contributed by atoms with Crippen molar-refractivity contribution in [3.63, 3.8) is 0 Å². The third-order valence-corrected chi connectivity index (χ3v) is 4.53. The topological polar surface area (TPSA) is 22.0 Å². The van der Waals surface area contributed by atoms with Crippen LogP contribution in [0.15, 0.2) is 65.5 Å². The minimum absolute atomic E-state index is 0.162. The van der Waals surface area contributed by atoms with Crippen LogP contribution < -0.4 is 5.56 Å². The van der Waals surface area contributed by atoms with Crippen molar-refractivity contribution in [2.45, 2.75) is 25.3 Å². The molecule has 0 fully saturated rings. The maximum Gasteiger partial charge on any atom is 0.258 e. The number of rotatable bonds is 1. The summed E-state index contributed by atoms with van der Waals surface area (Å²) < 4.78 is 1.96. The monoisotopic (exact) mass is 275 g/mol. The van der Waals surface area contributed by atoms with Gasteiger partial charge in [-0.3, -0.25) is 4.79 Å². The fourth-order valence-corrected chi connectivity index (χ4v) is 3.41. The predicted octanol–water partition coefficient (Wildman–Crippen LogP) is 3.73. The van der Waals surface area contributed by atoms with Crippen LogP contribution in [0.4, 0.5) is 0 Å². The lowest BCUT2D eigenvalue weighted by atomic mass is 9.88. The van der Waals surface area contributed by atoms with E-state index in [0.29, 0.717) is 5.92 Å². The normalized spacial score (nSPS) is 17.6. The average Bonchev–Trinajstić information content (AvgIpc) is 2.55. The highest BCUT2D eigenvalue weighted by molar-refractivity contribution is 5.81. The Balaban J connectivity index is 1.81. The van der Waals surface area contributed by atoms with Gasteiger partial charge in [0.05, 0.1) is 0 Å². The maximum absolute atomic E-state index is 12.6. The maximum atomic E-state index is 12.6. The lowest BCUT2D eigenvalue weighted by molar-refractivity contribution is 0.462. The van der Waals surface area contributed by atoms with Gasteiger partial charge in [-0.25, -0.2) is 0 Å². The number of hydrogen-bond acceptors (Lipinski definition) is 1. The number of hydrogen-bond donors (Lipinski definition) is 0. The standard InChI is InChI=1S/C19H17NO/c21-19-18-9-5-4-8-16(18)13-17-12-15(10-11-20(17)19)14-6-2-1-3-7-14/h1-9,13,15H,10-12H2/t15-/m1/s1. The van der Waals surface area contributed by atoms with Crippen LogP contribution in [0.25, 0.3) is 10.8 Å². The molecular weight excluding hydrogens is 258 g/mol. The molecule has 0 spiro atoms. The number of pyridine rings is 1. The second kappa shape index (κ2) is 4.88. The molecule has 2 heteroatoms. The molecule has 0 amide bonds. The van der Waals surface area contributed by atoms with E-state index in [1.165, 1.54) is 11.3 Å². The largest absolute Gasteiger partial charge is 0.312 e. The van der Waals surface area contributed by atoms with Crippen LogP contribution in [0.2, 0.25) is 0 Å². The van der Waals surface area contributed by atoms with Crippen molar-refractivity contribution in [3.8, 4) is 0 Å². The van der Waals surface area contributed by atoms with Crippen molar-refractivity contribution < 1.29 is 0 Å². The molecule has 0 unspecified atom stereocenters. The molecule has 3 aromatic rings. The van der Waals surface area contributed by atoms with E-state index in [1.807, 2.05) is 28.8 Å². The molecular formula is C19H17NO. The molecule has 0 saturated carbocycles. The van der Waals surface area contributed by atoms with Crippen LogP contribution in [0.3, 0.4) is 0 Å². The first kappa shape index (κ1) is 12.4. The number of benzene rings is 2. The Hall–Kier alpha value is -2.35. The summed E-state index contributed by atoms with van der Waals surface area (Å²) in [5.41, 5.74) is 2.71. The van der Waals surface area contributed by atoms with Gasteiger partial charge in [-0.15, -0.1) is 0 Å². The highest BCUT2D eigenvalue weighted by Crippen LogP contribution is 2.29. The Bertz CT molecular complexity index is 848. The molecule has 0 aliphatic carbocycles. The molecule has 1 atom stereocenters. The zero-order valence-corrected chi connectivity index (χ0v) is 11.8. The van der Waals surface area contributed by atoms with Crippen molar-refractivity contribution in [1.29, 1.82) is 0 Å². The van der Waals surface area contributed by atoms with E-state index in [4.69, 9.17) is 0 Å². The van der Waals surface area contributed by atoms with Crippen LogP contribution in [-0.4, -0.2) is 4.57 Å². The Morgan fingerprint density at radius 1 is 0.952 bits per heavy atom. The fourth-order valence-electron chi connectivity index (χ4n) is 3.41. The Morgan fingerprint density at radius 3 is 2.57 bits per heavy atom. The summed E-state index contributed by atoms with van der Waals surface area (Å²) in [6, 6.07) is 20.7. The molecule has 0 N–H and O–H groups in total. The third-order valence-electron chi connectivity index (χ3n) is 4.53. The van der Waals surface area contributed by atoms with Crippen molar-refractivity contribution in [1.82, 2.24) is 4.57 Å². The molecule has 2 heterocycles. The van der Waals surface area contributed by atoms with Gasteiger partial charge in [0.1, 0.15) is 0 Å². The molecule has 0 radical (unpaired) electrons. The van der Waals surface area contributed by atoms with Crippen LogP contribution in [0.1, 0.15) is 23.6 Å². The summed E-state index contributed by atoms with van der Waals surface area (Å²) in [6.45, 7) is 0.818. The second-order valence-corrected chi connectivity index (χ2v) is 5.78. The third kappa shape index (κ3) is 2.07. The first-order valence-corrected chi connectivity index (χ1v) is 7.49. The first-order valence-electron chi connectivity index (χ1n) is 7.49. The summed E-state index contributed by atoms with van der Waals surface area (Å²) in [7, 11) is 0. The minimum atomic E-state index is 0.162. The molecule has 0 saturated heterocycles. The molecule has 21 heavy (non-hydrogen) atoms. The van der Waals surface area contributed by atoms with Gasteiger partial charge in [-0.05, 0) is 41.8 Å². The van der Waals surface area contributed by atoms with Gasteiger partial charge in [0.2, 0.25) is 0 Å². The number of nitrogens with zero attached hydrogens (tertiary/aromatic N) is 1. The number of aromatic nitrogens is 1. The lowest BCUT2D eigenvalue weighted by Crippen LogP contribution is -2.29. The van der Waals surface area contributed by atoms with E-state index in [-0.39, 0.29) is 5.56 Å². The predicted molar refractivity (Wildman–Crippen MR) is 85.7 cm³/mol. The van der Waals surface area contributed by atoms with Crippen molar-refractivity contribution in [3.05, 3.63) is 82.3 Å². The van der Waals surface area contributed by atoms with Gasteiger partial charge in [0.25, 0.3) is 5.56 Å². The summed E-state index contributed by atoms with van der Waals surface area (Å²) in [6.07, 6.45) is 1.99. The molecule has 2 nitrogen and oxygen atoms in total. The molecule has 2 aromatic carbocycles. The second-order valence-electron chi connectivity index (χ2n) is 5.78. The molecule has 104 valence electrons. The van der Waals surface area contributed by atoms with Gasteiger partial charge < -0.3 is 4.57 Å². The van der Waals surface area contributed by atoms with Gasteiger partial charge in [-0.2, -0.15) is 0 Å². The molecule has 1 aromatic heterocycles. The van der Waals surface area contributed by atoms with E-state index in [1.54, 1.807) is 0 Å². The van der Waals surface area contributed by atoms with Gasteiger partial charge in [-0.1, -0.05) is 48.5 Å². The quantitative estimate of drug-likeness (QED) is 0.663. The molecule has 4 rings (SSSR count). The Morgan fingerprint density at radius 2 is 1.71 bits per heavy atom. The van der Waals surface area contributed by atoms with Crippen LogP contribution >= 0.6 is 0 Å². The summed E-state index contributed by atoms with van der Waals surface area (Å²) in [4.78, 5) is 12.6. The van der Waals surface area contributed by atoms with Crippen molar-refractivity contribution >= 4 is 10.8 Å². The SMILES string of the molecule is O=c1c2ccccc2cc2n1CC[C@@H](c1ccccc1)C2. The fraction of sp³-hybridized carbons (Fsp3) is 0.211. The first-order chi connectivity index (χ1) is 10.3. The van der Waals surface area contributed by atoms with Crippen molar-refractivity contribution in [2.75, 3.05) is 0 Å². The zero-order valence-electron chi connectivity index (χ0n) is 11.8. The molecule has 0 bridgehead atoms. The van der Waals surface area contributed by atoms with Crippen LogP contribution in [-0.2, 0) is 13.0 Å². The highest BCUT2D eigenvalue weighted by atomic mass is 16.1. The van der Waals surface area contributed by atoms with Gasteiger partial charge in [0.15, 0.2) is 0 Å². The summed E-state index contributed by atoms with van der Waals surface area (Å²) in [5, 5.41) is 1.89. The average molecular weight is 275 g/mol. The van der Waals surface area contributed by atoms with Gasteiger partial charge in [0, 0.05) is 17.6 Å². The summed E-state index contributed by atoms with van der Waals surface area (Å²) >= 11 is 0. The van der Waals surface area contributed by atoms with E-state index in [9.17, 15) is 4.79 Å². The number of fused-ring (bicyclic) bond motifs is 2. The zero-order chi connectivity index (χ0) is 14.2. The highest BCUT2D eigenvalue weighted by Gasteiger charge is 2.21. The Labute approximate surface area is 123 Å². The van der Waals surface area contributed by atoms with Crippen molar-refractivity contribution in [2.24, 2.45) is 0 Å². The van der Waals surface area contributed by atoms with E-state index >= 15 is 0 Å². The lowest BCUT2D eigenvalue weighted by Gasteiger charge is -2.26. The van der Waals surface area contributed by atoms with Crippen LogP contribution in [0, 0.1) is 0 Å². The van der Waals surface area contributed by atoms with E-state index < -0.39 is 0 Å². The Kier molecular flexibility index (Phi) is 2.88. The minimum Gasteiger partial charge on any atom is -0.312 e. The summed E-state index contributed by atoms with van der Waals surface area (Å²) in [5.74, 6) is 0.520.